The van der Waals surface area contributed by atoms with E-state index in [1.54, 1.807) is 11.0 Å². The molecule has 0 aliphatic carbocycles. The second kappa shape index (κ2) is 5.31. The van der Waals surface area contributed by atoms with E-state index in [4.69, 9.17) is 11.6 Å². The molecule has 1 fully saturated rings. The summed E-state index contributed by atoms with van der Waals surface area (Å²) in [6.45, 7) is 1.99. The van der Waals surface area contributed by atoms with Crippen LogP contribution in [0.25, 0.3) is 11.4 Å². The molecule has 1 aromatic heterocycles. The fraction of sp³-hybridized carbons (Fsp3) is 0.462. The van der Waals surface area contributed by atoms with Crippen molar-refractivity contribution in [2.24, 2.45) is 0 Å². The third-order valence-corrected chi connectivity index (χ3v) is 4.03. The third kappa shape index (κ3) is 3.03. The van der Waals surface area contributed by atoms with Crippen molar-refractivity contribution in [3.8, 4) is 11.4 Å². The molecule has 1 aromatic carbocycles. The largest absolute Gasteiger partial charge is 0.290 e. The van der Waals surface area contributed by atoms with E-state index in [9.17, 15) is 8.78 Å². The van der Waals surface area contributed by atoms with Crippen molar-refractivity contribution in [2.75, 3.05) is 6.54 Å². The van der Waals surface area contributed by atoms with Gasteiger partial charge in [0.15, 0.2) is 0 Å². The van der Waals surface area contributed by atoms with Crippen LogP contribution < -0.4 is 0 Å². The van der Waals surface area contributed by atoms with Gasteiger partial charge in [-0.05, 0) is 23.8 Å². The summed E-state index contributed by atoms with van der Waals surface area (Å²) >= 11 is 6.24. The van der Waals surface area contributed by atoms with Crippen LogP contribution in [0.5, 0.6) is 0 Å². The molecular formula is C13H14ClF2N5. The third-order valence-electron chi connectivity index (χ3n) is 3.68. The predicted molar refractivity (Wildman–Crippen MR) is 74.1 cm³/mol. The smallest absolute Gasteiger partial charge is 0.262 e. The normalized spacial score (nSPS) is 21.8. The van der Waals surface area contributed by atoms with Gasteiger partial charge in [-0.15, -0.1) is 10.2 Å². The minimum Gasteiger partial charge on any atom is -0.290 e. The molecule has 1 unspecified atom stereocenters. The van der Waals surface area contributed by atoms with E-state index < -0.39 is 5.92 Å². The molecule has 1 saturated heterocycles. The van der Waals surface area contributed by atoms with Gasteiger partial charge in [-0.25, -0.2) is 8.78 Å². The number of halogens is 3. The van der Waals surface area contributed by atoms with Gasteiger partial charge in [0.2, 0.25) is 5.82 Å². The Bertz CT molecular complexity index is 631. The molecule has 0 spiro atoms. The Morgan fingerprint density at radius 1 is 1.48 bits per heavy atom. The number of aromatic amines is 1. The van der Waals surface area contributed by atoms with Gasteiger partial charge in [-0.3, -0.25) is 4.90 Å². The monoisotopic (exact) mass is 313 g/mol. The summed E-state index contributed by atoms with van der Waals surface area (Å²) in [5, 5.41) is 14.1. The first-order chi connectivity index (χ1) is 9.94. The Morgan fingerprint density at radius 2 is 2.29 bits per heavy atom. The minimum atomic E-state index is -2.61. The quantitative estimate of drug-likeness (QED) is 0.946. The van der Waals surface area contributed by atoms with Gasteiger partial charge in [-0.1, -0.05) is 23.7 Å². The fourth-order valence-corrected chi connectivity index (χ4v) is 2.85. The molecule has 0 amide bonds. The highest BCUT2D eigenvalue weighted by Crippen LogP contribution is 2.34. The van der Waals surface area contributed by atoms with Gasteiger partial charge in [0, 0.05) is 29.6 Å². The summed E-state index contributed by atoms with van der Waals surface area (Å²) in [5.74, 6) is -2.17. The maximum Gasteiger partial charge on any atom is 0.262 e. The standard InChI is InChI=1S/C13H14ClF2N5/c1-8-5-13(15,16)7-21(8)6-10-3-2-9(4-11(10)14)12-17-19-20-18-12/h2-4,8H,5-7H2,1H3,(H,17,18,19,20). The Morgan fingerprint density at radius 3 is 2.86 bits per heavy atom. The van der Waals surface area contributed by atoms with Crippen LogP contribution >= 0.6 is 11.6 Å². The molecule has 0 radical (unpaired) electrons. The molecule has 1 atom stereocenters. The van der Waals surface area contributed by atoms with Crippen molar-refractivity contribution in [2.45, 2.75) is 31.9 Å². The average Bonchev–Trinajstić information content (AvgIpc) is 3.00. The lowest BCUT2D eigenvalue weighted by molar-refractivity contribution is 0.0114. The Labute approximate surface area is 125 Å². The van der Waals surface area contributed by atoms with Crippen LogP contribution in [-0.2, 0) is 6.54 Å². The van der Waals surface area contributed by atoms with Gasteiger partial charge >= 0.3 is 0 Å². The zero-order valence-electron chi connectivity index (χ0n) is 11.4. The van der Waals surface area contributed by atoms with E-state index >= 15 is 0 Å². The molecule has 1 N–H and O–H groups in total. The summed E-state index contributed by atoms with van der Waals surface area (Å²) in [4.78, 5) is 1.75. The summed E-state index contributed by atoms with van der Waals surface area (Å²) in [6, 6.07) is 5.19. The SMILES string of the molecule is CC1CC(F)(F)CN1Cc1ccc(-c2nn[nH]n2)cc1Cl. The molecule has 1 aliphatic rings. The van der Waals surface area contributed by atoms with Crippen LogP contribution in [0.1, 0.15) is 18.9 Å². The number of nitrogens with one attached hydrogen (secondary N) is 1. The van der Waals surface area contributed by atoms with E-state index in [1.165, 1.54) is 0 Å². The van der Waals surface area contributed by atoms with Crippen LogP contribution in [0.15, 0.2) is 18.2 Å². The van der Waals surface area contributed by atoms with Crippen molar-refractivity contribution in [3.05, 3.63) is 28.8 Å². The molecule has 0 saturated carbocycles. The second-order valence-electron chi connectivity index (χ2n) is 5.36. The van der Waals surface area contributed by atoms with E-state index in [1.807, 2.05) is 19.1 Å². The lowest BCUT2D eigenvalue weighted by atomic mass is 10.1. The highest BCUT2D eigenvalue weighted by atomic mass is 35.5. The fourth-order valence-electron chi connectivity index (χ4n) is 2.61. The molecule has 8 heteroatoms. The predicted octanol–water partition coefficient (Wildman–Crippen LogP) is 2.75. The van der Waals surface area contributed by atoms with Crippen LogP contribution in [0.3, 0.4) is 0 Å². The number of aromatic nitrogens is 4. The minimum absolute atomic E-state index is 0.106. The number of alkyl halides is 2. The first-order valence-electron chi connectivity index (χ1n) is 6.59. The molecule has 21 heavy (non-hydrogen) atoms. The van der Waals surface area contributed by atoms with Crippen LogP contribution in [0.4, 0.5) is 8.78 Å². The molecule has 5 nitrogen and oxygen atoms in total. The maximum absolute atomic E-state index is 13.4. The number of H-pyrrole nitrogens is 1. The lowest BCUT2D eigenvalue weighted by Gasteiger charge is -2.21. The van der Waals surface area contributed by atoms with Gasteiger partial charge in [0.05, 0.1) is 6.54 Å². The van der Waals surface area contributed by atoms with Crippen LogP contribution in [0, 0.1) is 0 Å². The Kier molecular flexibility index (Phi) is 3.62. The summed E-state index contributed by atoms with van der Waals surface area (Å²) in [6.07, 6.45) is -0.106. The van der Waals surface area contributed by atoms with Gasteiger partial charge in [-0.2, -0.15) is 5.21 Å². The van der Waals surface area contributed by atoms with Crippen molar-refractivity contribution in [1.29, 1.82) is 0 Å². The molecule has 1 aliphatic heterocycles. The first kappa shape index (κ1) is 14.3. The van der Waals surface area contributed by atoms with Gasteiger partial charge in [0.1, 0.15) is 0 Å². The summed E-state index contributed by atoms with van der Waals surface area (Å²) in [5.41, 5.74) is 1.55. The van der Waals surface area contributed by atoms with E-state index in [-0.39, 0.29) is 19.0 Å². The summed E-state index contributed by atoms with van der Waals surface area (Å²) < 4.78 is 26.8. The number of hydrogen-bond acceptors (Lipinski definition) is 4. The van der Waals surface area contributed by atoms with E-state index in [2.05, 4.69) is 20.6 Å². The Balaban J connectivity index is 1.78. The molecule has 2 aromatic rings. The number of likely N-dealkylation sites (tertiary alicyclic amines) is 1. The van der Waals surface area contributed by atoms with Gasteiger partial charge in [0.25, 0.3) is 5.92 Å². The van der Waals surface area contributed by atoms with E-state index in [0.29, 0.717) is 17.4 Å². The molecule has 112 valence electrons. The number of hydrogen-bond donors (Lipinski definition) is 1. The highest BCUT2D eigenvalue weighted by Gasteiger charge is 2.42. The molecular weight excluding hydrogens is 300 g/mol. The van der Waals surface area contributed by atoms with Crippen molar-refractivity contribution < 1.29 is 8.78 Å². The number of benzene rings is 1. The number of nitrogens with zero attached hydrogens (tertiary/aromatic N) is 4. The Hall–Kier alpha value is -1.60. The molecule has 3 rings (SSSR count). The number of tetrazole rings is 1. The average molecular weight is 314 g/mol. The van der Waals surface area contributed by atoms with Crippen molar-refractivity contribution in [1.82, 2.24) is 25.5 Å². The highest BCUT2D eigenvalue weighted by molar-refractivity contribution is 6.31. The lowest BCUT2D eigenvalue weighted by Crippen LogP contribution is -2.28. The maximum atomic E-state index is 13.4. The molecule has 0 bridgehead atoms. The zero-order chi connectivity index (χ0) is 15.0. The molecule has 2 heterocycles. The summed E-state index contributed by atoms with van der Waals surface area (Å²) in [7, 11) is 0. The first-order valence-corrected chi connectivity index (χ1v) is 6.96. The number of rotatable bonds is 3. The van der Waals surface area contributed by atoms with Crippen molar-refractivity contribution in [3.63, 3.8) is 0 Å². The van der Waals surface area contributed by atoms with Crippen LogP contribution in [0.2, 0.25) is 5.02 Å². The van der Waals surface area contributed by atoms with E-state index in [0.717, 1.165) is 11.1 Å². The zero-order valence-corrected chi connectivity index (χ0v) is 12.1. The van der Waals surface area contributed by atoms with Gasteiger partial charge < -0.3 is 0 Å². The van der Waals surface area contributed by atoms with Crippen LogP contribution in [-0.4, -0.2) is 44.0 Å². The van der Waals surface area contributed by atoms with Crippen molar-refractivity contribution >= 4 is 11.6 Å². The second-order valence-corrected chi connectivity index (χ2v) is 5.76. The topological polar surface area (TPSA) is 57.7 Å².